The number of nitrogens with one attached hydrogen (secondary N) is 1. The van der Waals surface area contributed by atoms with E-state index in [9.17, 15) is 0 Å². The van der Waals surface area contributed by atoms with Crippen molar-refractivity contribution < 1.29 is 4.74 Å². The topological polar surface area (TPSA) is 63.2 Å². The number of aliphatic imine (C=N–C) groups is 1. The molecule has 0 aliphatic carbocycles. The van der Waals surface area contributed by atoms with E-state index in [-0.39, 0.29) is 0 Å². The van der Waals surface area contributed by atoms with Gasteiger partial charge in [-0.25, -0.2) is 10.1 Å². The maximum atomic E-state index is 5.81. The molecule has 0 saturated carbocycles. The van der Waals surface area contributed by atoms with Crippen molar-refractivity contribution in [3.8, 4) is 5.75 Å². The van der Waals surface area contributed by atoms with Gasteiger partial charge < -0.3 is 4.74 Å². The van der Waals surface area contributed by atoms with Crippen LogP contribution in [0.4, 0.5) is 5.95 Å². The van der Waals surface area contributed by atoms with Crippen LogP contribution in [0.5, 0.6) is 5.75 Å². The molecule has 1 aromatic heterocycles. The number of benzene rings is 2. The van der Waals surface area contributed by atoms with Crippen LogP contribution in [0.1, 0.15) is 11.1 Å². The molecule has 2 aromatic carbocycles. The van der Waals surface area contributed by atoms with Crippen molar-refractivity contribution in [1.82, 2.24) is 15.2 Å². The number of aromatic nitrogens is 3. The Bertz CT molecular complexity index is 785. The molecule has 0 spiro atoms. The summed E-state index contributed by atoms with van der Waals surface area (Å²) in [6.07, 6.45) is 3.16. The first-order chi connectivity index (χ1) is 11.8. The van der Waals surface area contributed by atoms with Gasteiger partial charge in [0.2, 0.25) is 5.95 Å². The van der Waals surface area contributed by atoms with Crippen molar-refractivity contribution in [2.24, 2.45) is 4.99 Å². The highest BCUT2D eigenvalue weighted by atomic mass is 32.2. The third-order valence-corrected chi connectivity index (χ3v) is 4.21. The van der Waals surface area contributed by atoms with Crippen LogP contribution in [0.2, 0.25) is 0 Å². The van der Waals surface area contributed by atoms with Gasteiger partial charge in [0.05, 0.1) is 6.61 Å². The lowest BCUT2D eigenvalue weighted by Gasteiger charge is -2.07. The maximum Gasteiger partial charge on any atom is 0.245 e. The molecule has 24 heavy (non-hydrogen) atoms. The van der Waals surface area contributed by atoms with Crippen LogP contribution in [0, 0.1) is 6.92 Å². The molecule has 0 amide bonds. The van der Waals surface area contributed by atoms with Crippen LogP contribution < -0.4 is 4.74 Å². The summed E-state index contributed by atoms with van der Waals surface area (Å²) < 4.78 is 5.81. The number of aromatic amines is 1. The van der Waals surface area contributed by atoms with E-state index in [4.69, 9.17) is 4.74 Å². The van der Waals surface area contributed by atoms with Gasteiger partial charge in [0.1, 0.15) is 12.1 Å². The summed E-state index contributed by atoms with van der Waals surface area (Å²) in [7, 11) is 0. The Labute approximate surface area is 145 Å². The third-order valence-electron chi connectivity index (χ3n) is 3.24. The smallest absolute Gasteiger partial charge is 0.245 e. The molecule has 122 valence electrons. The molecule has 0 atom stereocenters. The number of rotatable bonds is 7. The minimum Gasteiger partial charge on any atom is -0.493 e. The highest BCUT2D eigenvalue weighted by molar-refractivity contribution is 7.99. The molecular formula is C18H18N4OS. The zero-order chi connectivity index (χ0) is 16.6. The Morgan fingerprint density at radius 1 is 1.21 bits per heavy atom. The number of nitrogens with zero attached hydrogens (tertiary/aromatic N) is 3. The van der Waals surface area contributed by atoms with Crippen molar-refractivity contribution in [2.45, 2.75) is 11.8 Å². The van der Waals surface area contributed by atoms with Crippen LogP contribution in [0.3, 0.4) is 0 Å². The molecule has 1 N–H and O–H groups in total. The lowest BCUT2D eigenvalue weighted by molar-refractivity contribution is 0.344. The monoisotopic (exact) mass is 338 g/mol. The van der Waals surface area contributed by atoms with Gasteiger partial charge >= 0.3 is 0 Å². The summed E-state index contributed by atoms with van der Waals surface area (Å²) in [6, 6.07) is 16.3. The van der Waals surface area contributed by atoms with Gasteiger partial charge in [-0.15, -0.1) is 11.8 Å². The highest BCUT2D eigenvalue weighted by Gasteiger charge is 1.98. The SMILES string of the molecule is Cc1ccc(SCCOc2cccc(C=Nc3ncn[nH]3)c2)cc1. The molecule has 0 aliphatic rings. The van der Waals surface area contributed by atoms with Crippen LogP contribution in [0.15, 0.2) is 64.7 Å². The Kier molecular flexibility index (Phi) is 5.63. The summed E-state index contributed by atoms with van der Waals surface area (Å²) in [5.74, 6) is 2.22. The normalized spacial score (nSPS) is 11.0. The molecule has 0 bridgehead atoms. The van der Waals surface area contributed by atoms with Crippen molar-refractivity contribution in [2.75, 3.05) is 12.4 Å². The van der Waals surface area contributed by atoms with Crippen LogP contribution >= 0.6 is 11.8 Å². The fourth-order valence-electron chi connectivity index (χ4n) is 2.04. The molecule has 3 rings (SSSR count). The molecular weight excluding hydrogens is 320 g/mol. The predicted molar refractivity (Wildman–Crippen MR) is 97.5 cm³/mol. The number of aryl methyl sites for hydroxylation is 1. The van der Waals surface area contributed by atoms with Gasteiger partial charge in [-0.1, -0.05) is 29.8 Å². The van der Waals surface area contributed by atoms with Gasteiger partial charge in [0.25, 0.3) is 0 Å². The lowest BCUT2D eigenvalue weighted by atomic mass is 10.2. The molecule has 0 aliphatic heterocycles. The summed E-state index contributed by atoms with van der Waals surface area (Å²) in [5, 5.41) is 6.44. The number of thioether (sulfide) groups is 1. The van der Waals surface area contributed by atoms with E-state index in [1.807, 2.05) is 24.3 Å². The predicted octanol–water partition coefficient (Wildman–Crippen LogP) is 4.03. The van der Waals surface area contributed by atoms with Crippen molar-refractivity contribution in [1.29, 1.82) is 0 Å². The first kappa shape index (κ1) is 16.3. The second kappa shape index (κ2) is 8.31. The number of H-pyrrole nitrogens is 1. The Morgan fingerprint density at radius 3 is 2.88 bits per heavy atom. The van der Waals surface area contributed by atoms with E-state index in [2.05, 4.69) is 51.4 Å². The third kappa shape index (κ3) is 4.96. The van der Waals surface area contributed by atoms with Gasteiger partial charge in [-0.05, 0) is 36.8 Å². The average Bonchev–Trinajstić information content (AvgIpc) is 3.12. The molecule has 1 heterocycles. The fraction of sp³-hybridized carbons (Fsp3) is 0.167. The van der Waals surface area contributed by atoms with Crippen molar-refractivity contribution >= 4 is 23.9 Å². The van der Waals surface area contributed by atoms with E-state index in [0.717, 1.165) is 17.1 Å². The number of ether oxygens (including phenoxy) is 1. The van der Waals surface area contributed by atoms with E-state index >= 15 is 0 Å². The van der Waals surface area contributed by atoms with Gasteiger partial charge in [-0.3, -0.25) is 0 Å². The average molecular weight is 338 g/mol. The molecule has 0 unspecified atom stereocenters. The molecule has 0 saturated heterocycles. The fourth-order valence-corrected chi connectivity index (χ4v) is 2.77. The standard InChI is InChI=1S/C18H18N4OS/c1-14-5-7-17(8-6-14)24-10-9-23-16-4-2-3-15(11-16)12-19-18-20-13-21-22-18/h2-8,11-13H,9-10H2,1H3,(H,20,21,22). The molecule has 5 nitrogen and oxygen atoms in total. The second-order valence-electron chi connectivity index (χ2n) is 5.15. The van der Waals surface area contributed by atoms with E-state index in [0.29, 0.717) is 12.6 Å². The minimum absolute atomic E-state index is 0.482. The van der Waals surface area contributed by atoms with Crippen molar-refractivity contribution in [3.63, 3.8) is 0 Å². The zero-order valence-electron chi connectivity index (χ0n) is 13.3. The quantitative estimate of drug-likeness (QED) is 0.401. The van der Waals surface area contributed by atoms with E-state index in [1.165, 1.54) is 16.8 Å². The van der Waals surface area contributed by atoms with Gasteiger partial charge in [0, 0.05) is 16.9 Å². The van der Waals surface area contributed by atoms with Crippen LogP contribution in [0.25, 0.3) is 0 Å². The number of hydrogen-bond acceptors (Lipinski definition) is 5. The summed E-state index contributed by atoms with van der Waals surface area (Å²) in [4.78, 5) is 9.42. The van der Waals surface area contributed by atoms with Crippen molar-refractivity contribution in [3.05, 3.63) is 66.0 Å². The number of hydrogen-bond donors (Lipinski definition) is 1. The first-order valence-corrected chi connectivity index (χ1v) is 8.60. The molecule has 3 aromatic rings. The van der Waals surface area contributed by atoms with Gasteiger partial charge in [-0.2, -0.15) is 10.1 Å². The summed E-state index contributed by atoms with van der Waals surface area (Å²) >= 11 is 1.79. The van der Waals surface area contributed by atoms with E-state index < -0.39 is 0 Å². The maximum absolute atomic E-state index is 5.81. The largest absolute Gasteiger partial charge is 0.493 e. The molecule has 0 fully saturated rings. The second-order valence-corrected chi connectivity index (χ2v) is 6.32. The lowest BCUT2D eigenvalue weighted by Crippen LogP contribution is -2.00. The zero-order valence-corrected chi connectivity index (χ0v) is 14.2. The van der Waals surface area contributed by atoms with Gasteiger partial charge in [0.15, 0.2) is 0 Å². The molecule has 0 radical (unpaired) electrons. The Balaban J connectivity index is 1.48. The van der Waals surface area contributed by atoms with Crippen LogP contribution in [-0.2, 0) is 0 Å². The summed E-state index contributed by atoms with van der Waals surface area (Å²) in [5.41, 5.74) is 2.23. The Morgan fingerprint density at radius 2 is 2.08 bits per heavy atom. The van der Waals surface area contributed by atoms with E-state index in [1.54, 1.807) is 18.0 Å². The Hall–Kier alpha value is -2.60. The summed E-state index contributed by atoms with van der Waals surface area (Å²) in [6.45, 7) is 2.75. The van der Waals surface area contributed by atoms with Crippen LogP contribution in [-0.4, -0.2) is 33.8 Å². The molecule has 6 heteroatoms. The highest BCUT2D eigenvalue weighted by Crippen LogP contribution is 2.19. The minimum atomic E-state index is 0.482. The first-order valence-electron chi connectivity index (χ1n) is 7.61.